The van der Waals surface area contributed by atoms with Crippen molar-refractivity contribution in [3.05, 3.63) is 54.4 Å². The molecule has 4 heterocycles. The fourth-order valence-corrected chi connectivity index (χ4v) is 4.09. The molecule has 1 atom stereocenters. The number of furan rings is 1. The summed E-state index contributed by atoms with van der Waals surface area (Å²) in [5, 5.41) is 2.91. The van der Waals surface area contributed by atoms with E-state index in [2.05, 4.69) is 27.1 Å². The summed E-state index contributed by atoms with van der Waals surface area (Å²) in [7, 11) is 4.05. The van der Waals surface area contributed by atoms with E-state index in [0.29, 0.717) is 37.0 Å². The first kappa shape index (κ1) is 21.5. The van der Waals surface area contributed by atoms with Crippen LogP contribution >= 0.6 is 0 Å². The normalized spacial score (nSPS) is 18.9. The maximum absolute atomic E-state index is 12.6. The summed E-state index contributed by atoms with van der Waals surface area (Å²) in [6, 6.07) is 9.36. The molecule has 2 aromatic heterocycles. The van der Waals surface area contributed by atoms with Crippen LogP contribution < -0.4 is 14.8 Å². The Kier molecular flexibility index (Phi) is 6.06. The second-order valence-electron chi connectivity index (χ2n) is 8.66. The van der Waals surface area contributed by atoms with E-state index in [0.717, 1.165) is 43.2 Å². The van der Waals surface area contributed by atoms with Crippen LogP contribution in [-0.4, -0.2) is 77.7 Å². The van der Waals surface area contributed by atoms with Crippen molar-refractivity contribution in [1.82, 2.24) is 24.7 Å². The Bertz CT molecular complexity index is 1120. The largest absolute Gasteiger partial charge is 0.486 e. The number of hydrogen-bond donors (Lipinski definition) is 1. The van der Waals surface area contributed by atoms with Gasteiger partial charge in [-0.25, -0.2) is 4.98 Å². The highest BCUT2D eigenvalue weighted by atomic mass is 16.6. The fourth-order valence-electron chi connectivity index (χ4n) is 4.09. The summed E-state index contributed by atoms with van der Waals surface area (Å²) in [5.74, 6) is 2.18. The van der Waals surface area contributed by atoms with Crippen LogP contribution in [0.2, 0.25) is 0 Å². The van der Waals surface area contributed by atoms with Crippen molar-refractivity contribution in [2.75, 3.05) is 46.4 Å². The Morgan fingerprint density at radius 3 is 2.79 bits per heavy atom. The van der Waals surface area contributed by atoms with Gasteiger partial charge in [0.05, 0.1) is 25.1 Å². The summed E-state index contributed by atoms with van der Waals surface area (Å²) in [5.41, 5.74) is 1.68. The number of likely N-dealkylation sites (N-methyl/N-ethyl adjacent to an activating group) is 1. The zero-order chi connectivity index (χ0) is 22.8. The summed E-state index contributed by atoms with van der Waals surface area (Å²) in [4.78, 5) is 21.7. The van der Waals surface area contributed by atoms with Crippen LogP contribution in [0.3, 0.4) is 0 Å². The molecule has 9 heteroatoms. The number of ether oxygens (including phenoxy) is 2. The molecule has 3 aromatic rings. The van der Waals surface area contributed by atoms with Crippen LogP contribution in [0.4, 0.5) is 0 Å². The molecule has 0 spiro atoms. The number of benzene rings is 1. The van der Waals surface area contributed by atoms with Gasteiger partial charge in [0.25, 0.3) is 5.91 Å². The van der Waals surface area contributed by atoms with Gasteiger partial charge in [-0.1, -0.05) is 6.07 Å². The molecular weight excluding hydrogens is 422 g/mol. The van der Waals surface area contributed by atoms with Crippen LogP contribution in [0.25, 0.3) is 11.3 Å². The van der Waals surface area contributed by atoms with Crippen molar-refractivity contribution in [1.29, 1.82) is 0 Å². The monoisotopic (exact) mass is 451 g/mol. The average molecular weight is 452 g/mol. The van der Waals surface area contributed by atoms with Gasteiger partial charge in [-0.15, -0.1) is 0 Å². The van der Waals surface area contributed by atoms with Crippen molar-refractivity contribution in [3.8, 4) is 22.8 Å². The molecular formula is C24H29N5O4. The predicted octanol–water partition coefficient (Wildman–Crippen LogP) is 2.00. The minimum absolute atomic E-state index is 0.257. The molecule has 1 fully saturated rings. The molecule has 1 unspecified atom stereocenters. The molecule has 2 aliphatic heterocycles. The molecule has 0 aliphatic carbocycles. The van der Waals surface area contributed by atoms with Crippen LogP contribution in [0, 0.1) is 0 Å². The zero-order valence-corrected chi connectivity index (χ0v) is 19.0. The Balaban J connectivity index is 1.18. The smallest absolute Gasteiger partial charge is 0.287 e. The maximum Gasteiger partial charge on any atom is 0.287 e. The van der Waals surface area contributed by atoms with Gasteiger partial charge in [0, 0.05) is 45.0 Å². The molecule has 174 valence electrons. The number of nitrogens with one attached hydrogen (secondary N) is 1. The molecule has 2 aliphatic rings. The summed E-state index contributed by atoms with van der Waals surface area (Å²) in [6.45, 7) is 5.47. The Hall–Kier alpha value is -3.30. The first-order valence-corrected chi connectivity index (χ1v) is 11.2. The summed E-state index contributed by atoms with van der Waals surface area (Å²) >= 11 is 0. The Morgan fingerprint density at radius 1 is 1.15 bits per heavy atom. The highest BCUT2D eigenvalue weighted by Crippen LogP contribution is 2.40. The number of amides is 1. The maximum atomic E-state index is 12.6. The second kappa shape index (κ2) is 9.29. The van der Waals surface area contributed by atoms with E-state index in [1.165, 1.54) is 0 Å². The number of aryl methyl sites for hydroxylation is 1. The summed E-state index contributed by atoms with van der Waals surface area (Å²) in [6.07, 6.45) is 3.37. The number of imidazole rings is 1. The third-order valence-electron chi connectivity index (χ3n) is 6.02. The van der Waals surface area contributed by atoms with E-state index in [4.69, 9.17) is 13.9 Å². The molecule has 1 saturated heterocycles. The van der Waals surface area contributed by atoms with Gasteiger partial charge in [0.2, 0.25) is 0 Å². The second-order valence-corrected chi connectivity index (χ2v) is 8.66. The molecule has 0 bridgehead atoms. The van der Waals surface area contributed by atoms with Crippen LogP contribution in [-0.2, 0) is 13.6 Å². The quantitative estimate of drug-likeness (QED) is 0.614. The number of aromatic nitrogens is 2. The van der Waals surface area contributed by atoms with Crippen LogP contribution in [0.5, 0.6) is 11.5 Å². The van der Waals surface area contributed by atoms with Gasteiger partial charge in [0.15, 0.2) is 17.3 Å². The third kappa shape index (κ3) is 4.89. The van der Waals surface area contributed by atoms with Crippen molar-refractivity contribution >= 4 is 5.91 Å². The average Bonchev–Trinajstić information content (AvgIpc) is 3.47. The van der Waals surface area contributed by atoms with Crippen molar-refractivity contribution in [2.45, 2.75) is 12.6 Å². The lowest BCUT2D eigenvalue weighted by Gasteiger charge is -2.31. The minimum atomic E-state index is -0.314. The molecule has 9 nitrogen and oxygen atoms in total. The van der Waals surface area contributed by atoms with E-state index in [1.54, 1.807) is 12.4 Å². The number of rotatable bonds is 6. The number of nitrogens with zero attached hydrogens (tertiary/aromatic N) is 4. The Labute approximate surface area is 192 Å². The topological polar surface area (TPSA) is 85.0 Å². The number of para-hydroxylation sites is 1. The van der Waals surface area contributed by atoms with Gasteiger partial charge in [0.1, 0.15) is 18.5 Å². The first-order chi connectivity index (χ1) is 16.0. The Morgan fingerprint density at radius 2 is 2.00 bits per heavy atom. The number of carbonyl (C=O) groups is 1. The number of carbonyl (C=O) groups excluding carboxylic acids is 1. The SMILES string of the molecule is CN1CCN(Cc2ccc(C(=O)NCC3COc4cccc(-c5cn(C)cn5)c4O3)o2)CC1. The highest BCUT2D eigenvalue weighted by Gasteiger charge is 2.26. The van der Waals surface area contributed by atoms with E-state index >= 15 is 0 Å². The number of piperazine rings is 1. The standard InChI is InChI=1S/C24H29N5O4/c1-27-8-10-29(11-9-27)13-17-6-7-22(32-17)24(30)25-12-18-15-31-21-5-3-4-19(23(21)33-18)20-14-28(2)16-26-20/h3-7,14,16,18H,8-13,15H2,1-2H3,(H,25,30). The van der Waals surface area contributed by atoms with Crippen molar-refractivity contribution < 1.29 is 18.7 Å². The van der Waals surface area contributed by atoms with E-state index in [9.17, 15) is 4.79 Å². The molecule has 0 saturated carbocycles. The van der Waals surface area contributed by atoms with E-state index in [-0.39, 0.29) is 12.0 Å². The predicted molar refractivity (Wildman–Crippen MR) is 122 cm³/mol. The van der Waals surface area contributed by atoms with Crippen LogP contribution in [0.1, 0.15) is 16.3 Å². The molecule has 1 aromatic carbocycles. The molecule has 33 heavy (non-hydrogen) atoms. The molecule has 1 N–H and O–H groups in total. The lowest BCUT2D eigenvalue weighted by Crippen LogP contribution is -2.43. The highest BCUT2D eigenvalue weighted by molar-refractivity contribution is 5.91. The van der Waals surface area contributed by atoms with Gasteiger partial charge >= 0.3 is 0 Å². The first-order valence-electron chi connectivity index (χ1n) is 11.2. The van der Waals surface area contributed by atoms with Gasteiger partial charge in [-0.3, -0.25) is 9.69 Å². The number of fused-ring (bicyclic) bond motifs is 1. The van der Waals surface area contributed by atoms with Crippen molar-refractivity contribution in [2.24, 2.45) is 7.05 Å². The van der Waals surface area contributed by atoms with Crippen molar-refractivity contribution in [3.63, 3.8) is 0 Å². The van der Waals surface area contributed by atoms with Gasteiger partial charge in [-0.2, -0.15) is 0 Å². The molecule has 0 radical (unpaired) electrons. The fraction of sp³-hybridized carbons (Fsp3) is 0.417. The lowest BCUT2D eigenvalue weighted by atomic mass is 10.1. The zero-order valence-electron chi connectivity index (χ0n) is 19.0. The molecule has 5 rings (SSSR count). The van der Waals surface area contributed by atoms with E-state index < -0.39 is 0 Å². The lowest BCUT2D eigenvalue weighted by molar-refractivity contribution is 0.0773. The van der Waals surface area contributed by atoms with E-state index in [1.807, 2.05) is 42.1 Å². The summed E-state index contributed by atoms with van der Waals surface area (Å²) < 4.78 is 19.8. The molecule has 1 amide bonds. The van der Waals surface area contributed by atoms with Gasteiger partial charge < -0.3 is 28.7 Å². The third-order valence-corrected chi connectivity index (χ3v) is 6.02. The van der Waals surface area contributed by atoms with Gasteiger partial charge in [-0.05, 0) is 31.3 Å². The number of hydrogen-bond acceptors (Lipinski definition) is 7. The minimum Gasteiger partial charge on any atom is -0.486 e. The van der Waals surface area contributed by atoms with Crippen LogP contribution in [0.15, 0.2) is 47.3 Å².